The van der Waals surface area contributed by atoms with Crippen LogP contribution in [0, 0.1) is 6.92 Å². The molecule has 0 aliphatic carbocycles. The maximum atomic E-state index is 13.1. The van der Waals surface area contributed by atoms with Crippen molar-refractivity contribution in [2.45, 2.75) is 37.1 Å². The fraction of sp³-hybridized carbons (Fsp3) is 0.500. The standard InChI is InChI=1S/C16H23NO5S/c1-4-22-16-10-9-15(18)14(11-21-3)17(16)23(19,20)13-7-5-12(2)6-8-13/h5-10,14-16,18H,4,11H2,1-3H3/t14-,15-,16-/m1/s1. The molecule has 0 spiro atoms. The van der Waals surface area contributed by atoms with Gasteiger partial charge in [-0.2, -0.15) is 4.31 Å². The van der Waals surface area contributed by atoms with Gasteiger partial charge in [-0.1, -0.05) is 23.8 Å². The van der Waals surface area contributed by atoms with Crippen LogP contribution in [-0.4, -0.2) is 56.5 Å². The number of methoxy groups -OCH3 is 1. The minimum atomic E-state index is -3.84. The molecule has 0 amide bonds. The van der Waals surface area contributed by atoms with Gasteiger partial charge >= 0.3 is 0 Å². The topological polar surface area (TPSA) is 76.1 Å². The molecule has 23 heavy (non-hydrogen) atoms. The van der Waals surface area contributed by atoms with Crippen LogP contribution < -0.4 is 0 Å². The summed E-state index contributed by atoms with van der Waals surface area (Å²) in [5.41, 5.74) is 0.970. The fourth-order valence-corrected chi connectivity index (χ4v) is 4.22. The van der Waals surface area contributed by atoms with Gasteiger partial charge in [0.15, 0.2) is 0 Å². The van der Waals surface area contributed by atoms with Crippen LogP contribution in [-0.2, 0) is 19.5 Å². The normalized spacial score (nSPS) is 25.7. The van der Waals surface area contributed by atoms with Crippen LogP contribution in [0.5, 0.6) is 0 Å². The minimum absolute atomic E-state index is 0.0696. The first kappa shape index (κ1) is 18.1. The van der Waals surface area contributed by atoms with Crippen molar-refractivity contribution in [2.75, 3.05) is 20.3 Å². The Balaban J connectivity index is 2.47. The lowest BCUT2D eigenvalue weighted by atomic mass is 10.1. The Kier molecular flexibility index (Phi) is 5.94. The van der Waals surface area contributed by atoms with E-state index in [-0.39, 0.29) is 11.5 Å². The van der Waals surface area contributed by atoms with Crippen molar-refractivity contribution in [1.82, 2.24) is 4.31 Å². The molecule has 1 N–H and O–H groups in total. The Morgan fingerprint density at radius 3 is 2.43 bits per heavy atom. The Morgan fingerprint density at radius 2 is 1.87 bits per heavy atom. The molecule has 2 rings (SSSR count). The van der Waals surface area contributed by atoms with Gasteiger partial charge in [-0.3, -0.25) is 0 Å². The van der Waals surface area contributed by atoms with Gasteiger partial charge in [-0.05, 0) is 32.1 Å². The van der Waals surface area contributed by atoms with E-state index in [9.17, 15) is 13.5 Å². The number of rotatable bonds is 6. The maximum absolute atomic E-state index is 13.1. The molecular formula is C16H23NO5S. The highest BCUT2D eigenvalue weighted by Crippen LogP contribution is 2.27. The number of hydrogen-bond donors (Lipinski definition) is 1. The van der Waals surface area contributed by atoms with Crippen molar-refractivity contribution in [3.8, 4) is 0 Å². The second kappa shape index (κ2) is 7.55. The summed E-state index contributed by atoms with van der Waals surface area (Å²) in [5.74, 6) is 0. The zero-order chi connectivity index (χ0) is 17.0. The first-order chi connectivity index (χ1) is 10.9. The van der Waals surface area contributed by atoms with Crippen LogP contribution in [0.2, 0.25) is 0 Å². The lowest BCUT2D eigenvalue weighted by Crippen LogP contribution is -2.56. The molecule has 0 fully saturated rings. The van der Waals surface area contributed by atoms with Gasteiger partial charge in [0.05, 0.1) is 23.6 Å². The average molecular weight is 341 g/mol. The molecule has 0 saturated heterocycles. The van der Waals surface area contributed by atoms with Crippen molar-refractivity contribution >= 4 is 10.0 Å². The molecule has 1 aromatic carbocycles. The molecule has 128 valence electrons. The molecule has 3 atom stereocenters. The molecule has 0 bridgehead atoms. The second-order valence-electron chi connectivity index (χ2n) is 5.39. The third kappa shape index (κ3) is 3.81. The Hall–Kier alpha value is -1.25. The van der Waals surface area contributed by atoms with Crippen LogP contribution in [0.3, 0.4) is 0 Å². The summed E-state index contributed by atoms with van der Waals surface area (Å²) in [6.07, 6.45) is 1.39. The third-order valence-electron chi connectivity index (χ3n) is 3.72. The average Bonchev–Trinajstić information content (AvgIpc) is 2.51. The highest BCUT2D eigenvalue weighted by molar-refractivity contribution is 7.89. The number of nitrogens with zero attached hydrogens (tertiary/aromatic N) is 1. The molecular weight excluding hydrogens is 318 g/mol. The Labute approximate surface area is 137 Å². The number of aryl methyl sites for hydroxylation is 1. The first-order valence-corrected chi connectivity index (χ1v) is 8.93. The van der Waals surface area contributed by atoms with E-state index in [0.29, 0.717) is 6.61 Å². The van der Waals surface area contributed by atoms with Gasteiger partial charge in [-0.15, -0.1) is 0 Å². The molecule has 0 aromatic heterocycles. The highest BCUT2D eigenvalue weighted by atomic mass is 32.2. The summed E-state index contributed by atoms with van der Waals surface area (Å²) in [7, 11) is -2.37. The van der Waals surface area contributed by atoms with E-state index in [0.717, 1.165) is 5.56 Å². The van der Waals surface area contributed by atoms with E-state index in [1.807, 2.05) is 6.92 Å². The van der Waals surface area contributed by atoms with Crippen LogP contribution in [0.1, 0.15) is 12.5 Å². The minimum Gasteiger partial charge on any atom is -0.387 e. The molecule has 7 heteroatoms. The fourth-order valence-electron chi connectivity index (χ4n) is 2.55. The van der Waals surface area contributed by atoms with Crippen molar-refractivity contribution in [3.05, 3.63) is 42.0 Å². The molecule has 1 aliphatic rings. The summed E-state index contributed by atoms with van der Waals surface area (Å²) in [5, 5.41) is 10.2. The van der Waals surface area contributed by atoms with E-state index in [1.54, 1.807) is 43.3 Å². The predicted molar refractivity (Wildman–Crippen MR) is 86.4 cm³/mol. The van der Waals surface area contributed by atoms with E-state index in [2.05, 4.69) is 0 Å². The zero-order valence-corrected chi connectivity index (χ0v) is 14.4. The molecule has 0 unspecified atom stereocenters. The number of aliphatic hydroxyl groups excluding tert-OH is 1. The van der Waals surface area contributed by atoms with E-state index in [4.69, 9.17) is 9.47 Å². The van der Waals surface area contributed by atoms with E-state index in [1.165, 1.54) is 11.4 Å². The van der Waals surface area contributed by atoms with Gasteiger partial charge in [0.25, 0.3) is 0 Å². The van der Waals surface area contributed by atoms with Crippen molar-refractivity contribution in [3.63, 3.8) is 0 Å². The number of ether oxygens (including phenoxy) is 2. The van der Waals surface area contributed by atoms with Gasteiger partial charge in [-0.25, -0.2) is 8.42 Å². The van der Waals surface area contributed by atoms with Crippen molar-refractivity contribution in [2.24, 2.45) is 0 Å². The summed E-state index contributed by atoms with van der Waals surface area (Å²) < 4.78 is 38.0. The van der Waals surface area contributed by atoms with Crippen molar-refractivity contribution in [1.29, 1.82) is 0 Å². The van der Waals surface area contributed by atoms with Gasteiger partial charge < -0.3 is 14.6 Å². The monoisotopic (exact) mass is 341 g/mol. The van der Waals surface area contributed by atoms with Crippen LogP contribution in [0.15, 0.2) is 41.3 Å². The summed E-state index contributed by atoms with van der Waals surface area (Å²) in [6.45, 7) is 4.10. The lowest BCUT2D eigenvalue weighted by molar-refractivity contribution is -0.0458. The smallest absolute Gasteiger partial charge is 0.245 e. The van der Waals surface area contributed by atoms with Gasteiger partial charge in [0.1, 0.15) is 6.23 Å². The summed E-state index contributed by atoms with van der Waals surface area (Å²) in [4.78, 5) is 0.163. The molecule has 1 aliphatic heterocycles. The van der Waals surface area contributed by atoms with Gasteiger partial charge in [0.2, 0.25) is 10.0 Å². The first-order valence-electron chi connectivity index (χ1n) is 7.49. The zero-order valence-electron chi connectivity index (χ0n) is 13.5. The largest absolute Gasteiger partial charge is 0.387 e. The molecule has 0 radical (unpaired) electrons. The van der Waals surface area contributed by atoms with Gasteiger partial charge in [0, 0.05) is 13.7 Å². The maximum Gasteiger partial charge on any atom is 0.245 e. The summed E-state index contributed by atoms with van der Waals surface area (Å²) in [6, 6.07) is 5.85. The van der Waals surface area contributed by atoms with E-state index >= 15 is 0 Å². The van der Waals surface area contributed by atoms with Crippen LogP contribution in [0.25, 0.3) is 0 Å². The number of benzene rings is 1. The molecule has 1 heterocycles. The number of hydrogen-bond acceptors (Lipinski definition) is 5. The highest BCUT2D eigenvalue weighted by Gasteiger charge is 2.42. The second-order valence-corrected chi connectivity index (χ2v) is 7.24. The summed E-state index contributed by atoms with van der Waals surface area (Å²) >= 11 is 0. The number of sulfonamides is 1. The Morgan fingerprint density at radius 1 is 1.22 bits per heavy atom. The Bertz CT molecular complexity index is 641. The molecule has 0 saturated carbocycles. The van der Waals surface area contributed by atoms with Crippen molar-refractivity contribution < 1.29 is 23.0 Å². The molecule has 1 aromatic rings. The van der Waals surface area contributed by atoms with E-state index < -0.39 is 28.4 Å². The van der Waals surface area contributed by atoms with Crippen LogP contribution >= 0.6 is 0 Å². The molecule has 6 nitrogen and oxygen atoms in total. The quantitative estimate of drug-likeness (QED) is 0.789. The SMILES string of the molecule is CCO[C@@H]1C=C[C@@H](O)[C@@H](COC)N1S(=O)(=O)c1ccc(C)cc1. The predicted octanol–water partition coefficient (Wildman–Crippen LogP) is 1.29. The third-order valence-corrected chi connectivity index (χ3v) is 5.62. The van der Waals surface area contributed by atoms with Crippen LogP contribution in [0.4, 0.5) is 0 Å². The number of aliphatic hydroxyl groups is 1. The lowest BCUT2D eigenvalue weighted by Gasteiger charge is -2.39.